The normalized spacial score (nSPS) is 22.3. The molecule has 0 radical (unpaired) electrons. The van der Waals surface area contributed by atoms with Crippen molar-refractivity contribution in [2.45, 2.75) is 19.8 Å². The summed E-state index contributed by atoms with van der Waals surface area (Å²) < 4.78 is 15.2. The Morgan fingerprint density at radius 1 is 1.00 bits per heavy atom. The second-order valence-corrected chi connectivity index (χ2v) is 5.73. The summed E-state index contributed by atoms with van der Waals surface area (Å²) in [5.41, 5.74) is 0.523. The van der Waals surface area contributed by atoms with Crippen LogP contribution in [-0.2, 0) is 23.9 Å². The smallest absolute Gasteiger partial charge is 0.317 e. The van der Waals surface area contributed by atoms with Crippen molar-refractivity contribution in [3.05, 3.63) is 41.7 Å². The van der Waals surface area contributed by atoms with Crippen molar-refractivity contribution in [2.75, 3.05) is 20.3 Å². The Morgan fingerprint density at radius 3 is 2.04 bits per heavy atom. The van der Waals surface area contributed by atoms with Crippen molar-refractivity contribution >= 4 is 17.7 Å². The lowest BCUT2D eigenvalue weighted by Gasteiger charge is -2.33. The molecule has 1 aliphatic carbocycles. The molecule has 0 unspecified atom stereocenters. The van der Waals surface area contributed by atoms with E-state index >= 15 is 0 Å². The first-order valence-electron chi connectivity index (χ1n) is 8.36. The number of aliphatic hydroxyl groups is 1. The van der Waals surface area contributed by atoms with Gasteiger partial charge in [0.15, 0.2) is 5.78 Å². The Morgan fingerprint density at radius 2 is 1.54 bits per heavy atom. The van der Waals surface area contributed by atoms with E-state index in [4.69, 9.17) is 14.2 Å². The molecular formula is C19H22O7. The molecule has 2 rings (SSSR count). The maximum atomic E-state index is 12.4. The zero-order valence-electron chi connectivity index (χ0n) is 14.9. The Hall–Kier alpha value is -2.83. The van der Waals surface area contributed by atoms with Gasteiger partial charge in [0.05, 0.1) is 20.3 Å². The zero-order chi connectivity index (χ0) is 19.3. The lowest BCUT2D eigenvalue weighted by Crippen LogP contribution is -2.42. The summed E-state index contributed by atoms with van der Waals surface area (Å²) in [6.45, 7) is 3.47. The molecule has 0 saturated heterocycles. The number of aliphatic hydroxyl groups excluding tert-OH is 1. The van der Waals surface area contributed by atoms with Crippen LogP contribution in [0.2, 0.25) is 0 Å². The summed E-state index contributed by atoms with van der Waals surface area (Å²) in [6, 6.07) is 6.60. The third kappa shape index (κ3) is 3.87. The second-order valence-electron chi connectivity index (χ2n) is 5.73. The zero-order valence-corrected chi connectivity index (χ0v) is 14.9. The lowest BCUT2D eigenvalue weighted by atomic mass is 9.70. The van der Waals surface area contributed by atoms with Gasteiger partial charge >= 0.3 is 11.9 Å². The highest BCUT2D eigenvalue weighted by atomic mass is 16.5. The van der Waals surface area contributed by atoms with Gasteiger partial charge in [-0.25, -0.2) is 0 Å². The van der Waals surface area contributed by atoms with E-state index in [1.165, 1.54) is 7.11 Å². The molecule has 1 aromatic rings. The molecular weight excluding hydrogens is 340 g/mol. The molecule has 140 valence electrons. The lowest BCUT2D eigenvalue weighted by molar-refractivity contribution is -0.156. The summed E-state index contributed by atoms with van der Waals surface area (Å²) in [7, 11) is 1.51. The van der Waals surface area contributed by atoms with Gasteiger partial charge in [0.1, 0.15) is 23.3 Å². The van der Waals surface area contributed by atoms with Crippen molar-refractivity contribution in [1.29, 1.82) is 0 Å². The van der Waals surface area contributed by atoms with E-state index in [1.54, 1.807) is 38.1 Å². The summed E-state index contributed by atoms with van der Waals surface area (Å²) in [6.07, 6.45) is 0.906. The fourth-order valence-electron chi connectivity index (χ4n) is 3.08. The summed E-state index contributed by atoms with van der Waals surface area (Å²) >= 11 is 0. The number of allylic oxidation sites excluding steroid dienone is 1. The second kappa shape index (κ2) is 8.51. The van der Waals surface area contributed by atoms with E-state index in [2.05, 4.69) is 0 Å². The molecule has 1 aliphatic rings. The third-order valence-electron chi connectivity index (χ3n) is 4.22. The Balaban J connectivity index is 2.55. The predicted octanol–water partition coefficient (Wildman–Crippen LogP) is 2.16. The minimum Gasteiger partial charge on any atom is -0.511 e. The van der Waals surface area contributed by atoms with Crippen molar-refractivity contribution in [3.8, 4) is 5.75 Å². The van der Waals surface area contributed by atoms with Gasteiger partial charge in [-0.1, -0.05) is 12.1 Å². The van der Waals surface area contributed by atoms with Crippen LogP contribution in [0.1, 0.15) is 25.3 Å². The number of esters is 2. The molecule has 1 N–H and O–H groups in total. The quantitative estimate of drug-likeness (QED) is 0.611. The van der Waals surface area contributed by atoms with Crippen molar-refractivity contribution in [1.82, 2.24) is 0 Å². The SMILES string of the molecule is CCOC(=O)[C@H]1C(=O)C=C(O)[C@@H](C(=O)OCC)[C@H]1c1ccc(OC)cc1. The maximum absolute atomic E-state index is 12.4. The molecule has 26 heavy (non-hydrogen) atoms. The average molecular weight is 362 g/mol. The minimum atomic E-state index is -1.24. The molecule has 7 nitrogen and oxygen atoms in total. The monoisotopic (exact) mass is 362 g/mol. The largest absolute Gasteiger partial charge is 0.511 e. The van der Waals surface area contributed by atoms with Crippen LogP contribution in [0.3, 0.4) is 0 Å². The molecule has 0 aromatic heterocycles. The first-order valence-corrected chi connectivity index (χ1v) is 8.36. The first kappa shape index (κ1) is 19.5. The highest BCUT2D eigenvalue weighted by Crippen LogP contribution is 2.41. The highest BCUT2D eigenvalue weighted by molar-refractivity contribution is 6.08. The average Bonchev–Trinajstić information content (AvgIpc) is 2.61. The predicted molar refractivity (Wildman–Crippen MR) is 91.7 cm³/mol. The number of benzene rings is 1. The topological polar surface area (TPSA) is 99.1 Å². The van der Waals surface area contributed by atoms with Gasteiger partial charge in [0.25, 0.3) is 0 Å². The van der Waals surface area contributed by atoms with Gasteiger partial charge in [0.2, 0.25) is 0 Å². The summed E-state index contributed by atoms with van der Waals surface area (Å²) in [5.74, 6) is -5.24. The molecule has 0 fully saturated rings. The number of ether oxygens (including phenoxy) is 3. The van der Waals surface area contributed by atoms with Crippen LogP contribution in [0.15, 0.2) is 36.1 Å². The number of carbonyl (C=O) groups excluding carboxylic acids is 3. The summed E-state index contributed by atoms with van der Waals surface area (Å²) in [4.78, 5) is 37.3. The standard InChI is InChI=1S/C19H22O7/c1-4-25-18(22)16-13(20)10-14(21)17(19(23)26-5-2)15(16)11-6-8-12(24-3)9-7-11/h6-10,15-17,20H,4-5H2,1-3H3/t15-,16-,17+/m1/s1. The van der Waals surface area contributed by atoms with Gasteiger partial charge in [-0.3, -0.25) is 14.4 Å². The van der Waals surface area contributed by atoms with Crippen LogP contribution in [0.4, 0.5) is 0 Å². The minimum absolute atomic E-state index is 0.0950. The fourth-order valence-corrected chi connectivity index (χ4v) is 3.08. The van der Waals surface area contributed by atoms with E-state index in [1.807, 2.05) is 0 Å². The highest BCUT2D eigenvalue weighted by Gasteiger charge is 2.49. The third-order valence-corrected chi connectivity index (χ3v) is 4.22. The van der Waals surface area contributed by atoms with Crippen LogP contribution in [0.25, 0.3) is 0 Å². The molecule has 0 amide bonds. The van der Waals surface area contributed by atoms with E-state index < -0.39 is 41.2 Å². The number of carbonyl (C=O) groups is 3. The molecule has 0 spiro atoms. The molecule has 0 heterocycles. The van der Waals surface area contributed by atoms with E-state index in [0.29, 0.717) is 11.3 Å². The fraction of sp³-hybridized carbons (Fsp3) is 0.421. The first-order chi connectivity index (χ1) is 12.4. The van der Waals surface area contributed by atoms with Crippen molar-refractivity contribution in [2.24, 2.45) is 11.8 Å². The van der Waals surface area contributed by atoms with E-state index in [0.717, 1.165) is 6.08 Å². The van der Waals surface area contributed by atoms with Crippen molar-refractivity contribution < 1.29 is 33.7 Å². The molecule has 3 atom stereocenters. The van der Waals surface area contributed by atoms with Crippen LogP contribution in [0, 0.1) is 11.8 Å². The molecule has 0 saturated carbocycles. The van der Waals surface area contributed by atoms with Crippen LogP contribution >= 0.6 is 0 Å². The Kier molecular flexibility index (Phi) is 6.38. The maximum Gasteiger partial charge on any atom is 0.317 e. The van der Waals surface area contributed by atoms with Gasteiger partial charge < -0.3 is 19.3 Å². The van der Waals surface area contributed by atoms with Gasteiger partial charge in [-0.2, -0.15) is 0 Å². The van der Waals surface area contributed by atoms with Gasteiger partial charge in [0, 0.05) is 12.0 Å². The van der Waals surface area contributed by atoms with Gasteiger partial charge in [-0.15, -0.1) is 0 Å². The van der Waals surface area contributed by atoms with Crippen LogP contribution < -0.4 is 4.74 Å². The molecule has 7 heteroatoms. The summed E-state index contributed by atoms with van der Waals surface area (Å²) in [5, 5.41) is 10.3. The number of rotatable bonds is 6. The Labute approximate surface area is 151 Å². The van der Waals surface area contributed by atoms with E-state index in [-0.39, 0.29) is 13.2 Å². The number of methoxy groups -OCH3 is 1. The number of hydrogen-bond acceptors (Lipinski definition) is 7. The van der Waals surface area contributed by atoms with E-state index in [9.17, 15) is 19.5 Å². The number of hydrogen-bond donors (Lipinski definition) is 1. The van der Waals surface area contributed by atoms with Crippen molar-refractivity contribution in [3.63, 3.8) is 0 Å². The van der Waals surface area contributed by atoms with Gasteiger partial charge in [-0.05, 0) is 31.5 Å². The Bertz CT molecular complexity index is 705. The van der Waals surface area contributed by atoms with Crippen LogP contribution in [0.5, 0.6) is 5.75 Å². The molecule has 0 bridgehead atoms. The van der Waals surface area contributed by atoms with Crippen LogP contribution in [-0.4, -0.2) is 43.2 Å². The molecule has 0 aliphatic heterocycles. The number of ketones is 1. The molecule has 1 aromatic carbocycles.